The van der Waals surface area contributed by atoms with E-state index in [9.17, 15) is 0 Å². The molecule has 12 rings (SSSR count). The van der Waals surface area contributed by atoms with Crippen LogP contribution in [0.4, 0.5) is 17.1 Å². The molecule has 0 saturated carbocycles. The molecule has 11 aromatic rings. The molecule has 1 aliphatic carbocycles. The lowest BCUT2D eigenvalue weighted by atomic mass is 9.81. The zero-order valence-corrected chi connectivity index (χ0v) is 36.5. The predicted molar refractivity (Wildman–Crippen MR) is 275 cm³/mol. The summed E-state index contributed by atoms with van der Waals surface area (Å²) >= 11 is 0. The van der Waals surface area contributed by atoms with Crippen molar-refractivity contribution in [1.29, 1.82) is 0 Å². The van der Waals surface area contributed by atoms with E-state index in [-0.39, 0.29) is 5.41 Å². The normalized spacial score (nSPS) is 12.6. The average Bonchev–Trinajstić information content (AvgIpc) is 3.82. The van der Waals surface area contributed by atoms with Gasteiger partial charge in [-0.05, 0) is 128 Å². The Balaban J connectivity index is 0.910. The van der Waals surface area contributed by atoms with Crippen LogP contribution in [0.15, 0.2) is 243 Å². The molecule has 1 aromatic heterocycles. The summed E-state index contributed by atoms with van der Waals surface area (Å²) in [4.78, 5) is 2.39. The zero-order chi connectivity index (χ0) is 43.5. The second-order valence-electron chi connectivity index (χ2n) is 17.7. The van der Waals surface area contributed by atoms with Gasteiger partial charge in [0.15, 0.2) is 0 Å². The Morgan fingerprint density at radius 1 is 0.308 bits per heavy atom. The molecule has 1 heterocycles. The quantitative estimate of drug-likeness (QED) is 0.148. The van der Waals surface area contributed by atoms with Gasteiger partial charge < -0.3 is 9.47 Å². The highest BCUT2D eigenvalue weighted by atomic mass is 15.1. The zero-order valence-electron chi connectivity index (χ0n) is 36.5. The van der Waals surface area contributed by atoms with Gasteiger partial charge in [-0.15, -0.1) is 0 Å². The summed E-state index contributed by atoms with van der Waals surface area (Å²) in [6.07, 6.45) is 0. The standard InChI is InChI=1S/C63H46N2/c1-63(2)58-41-49(44-18-8-4-9-19-44)32-37-54(58)55-38-36-52(42-59(55)63)64(50-20-10-5-11-21-50)51-34-30-47(31-35-51)53-22-12-14-24-60(53)65-61-25-15-13-23-56(61)57-40-48(33-39-62(57)65)46-28-26-45(27-29-46)43-16-6-3-7-17-43/h3-42H,1-2H3. The number of hydrogen-bond acceptors (Lipinski definition) is 1. The summed E-state index contributed by atoms with van der Waals surface area (Å²) in [5.74, 6) is 0. The van der Waals surface area contributed by atoms with Crippen molar-refractivity contribution in [2.75, 3.05) is 4.90 Å². The third-order valence-corrected chi connectivity index (χ3v) is 13.6. The molecule has 0 spiro atoms. The Labute approximate surface area is 381 Å². The van der Waals surface area contributed by atoms with Crippen LogP contribution in [0, 0.1) is 0 Å². The molecule has 10 aromatic carbocycles. The first-order valence-electron chi connectivity index (χ1n) is 22.6. The van der Waals surface area contributed by atoms with E-state index in [1.165, 1.54) is 83.0 Å². The third-order valence-electron chi connectivity index (χ3n) is 13.6. The highest BCUT2D eigenvalue weighted by molar-refractivity contribution is 6.11. The van der Waals surface area contributed by atoms with Gasteiger partial charge in [-0.1, -0.05) is 190 Å². The van der Waals surface area contributed by atoms with Gasteiger partial charge >= 0.3 is 0 Å². The fourth-order valence-corrected chi connectivity index (χ4v) is 10.3. The van der Waals surface area contributed by atoms with Crippen LogP contribution in [0.5, 0.6) is 0 Å². The van der Waals surface area contributed by atoms with E-state index in [0.717, 1.165) is 28.3 Å². The van der Waals surface area contributed by atoms with Crippen LogP contribution < -0.4 is 4.90 Å². The lowest BCUT2D eigenvalue weighted by Gasteiger charge is -2.28. The average molecular weight is 831 g/mol. The van der Waals surface area contributed by atoms with Crippen molar-refractivity contribution in [2.24, 2.45) is 0 Å². The molecule has 0 fully saturated rings. The van der Waals surface area contributed by atoms with Gasteiger partial charge in [-0.3, -0.25) is 0 Å². The van der Waals surface area contributed by atoms with Crippen molar-refractivity contribution in [2.45, 2.75) is 19.3 Å². The molecule has 0 amide bonds. The van der Waals surface area contributed by atoms with Crippen molar-refractivity contribution < 1.29 is 0 Å². The van der Waals surface area contributed by atoms with Gasteiger partial charge in [-0.25, -0.2) is 0 Å². The number of nitrogens with zero attached hydrogens (tertiary/aromatic N) is 2. The summed E-state index contributed by atoms with van der Waals surface area (Å²) < 4.78 is 2.44. The minimum atomic E-state index is -0.163. The van der Waals surface area contributed by atoms with E-state index in [4.69, 9.17) is 0 Å². The minimum Gasteiger partial charge on any atom is -0.310 e. The highest BCUT2D eigenvalue weighted by Crippen LogP contribution is 2.52. The number of aromatic nitrogens is 1. The minimum absolute atomic E-state index is 0.163. The molecule has 2 heteroatoms. The maximum atomic E-state index is 2.44. The SMILES string of the molecule is CC1(C)c2cc(-c3ccccc3)ccc2-c2ccc(N(c3ccccc3)c3ccc(-c4ccccc4-n4c5ccccc5c5cc(-c6ccc(-c7ccccc7)cc6)ccc54)cc3)cc21. The van der Waals surface area contributed by atoms with Crippen LogP contribution >= 0.6 is 0 Å². The second kappa shape index (κ2) is 15.6. The first-order valence-corrected chi connectivity index (χ1v) is 22.6. The van der Waals surface area contributed by atoms with Gasteiger partial charge in [0, 0.05) is 38.8 Å². The number of benzene rings is 10. The maximum Gasteiger partial charge on any atom is 0.0541 e. The van der Waals surface area contributed by atoms with Crippen LogP contribution in [0.1, 0.15) is 25.0 Å². The Kier molecular flexibility index (Phi) is 9.21. The first kappa shape index (κ1) is 38.5. The molecule has 2 nitrogen and oxygen atoms in total. The molecule has 1 aliphatic rings. The van der Waals surface area contributed by atoms with E-state index in [1.807, 2.05) is 0 Å². The van der Waals surface area contributed by atoms with E-state index >= 15 is 0 Å². The lowest BCUT2D eigenvalue weighted by Crippen LogP contribution is -2.16. The fourth-order valence-electron chi connectivity index (χ4n) is 10.3. The van der Waals surface area contributed by atoms with E-state index < -0.39 is 0 Å². The number of anilines is 3. The van der Waals surface area contributed by atoms with Gasteiger partial charge in [0.2, 0.25) is 0 Å². The fraction of sp³-hybridized carbons (Fsp3) is 0.0476. The molecule has 0 unspecified atom stereocenters. The molecule has 65 heavy (non-hydrogen) atoms. The van der Waals surface area contributed by atoms with Crippen LogP contribution in [0.2, 0.25) is 0 Å². The molecule has 0 saturated heterocycles. The molecular formula is C63H46N2. The topological polar surface area (TPSA) is 8.17 Å². The van der Waals surface area contributed by atoms with E-state index in [1.54, 1.807) is 0 Å². The molecule has 0 N–H and O–H groups in total. The Morgan fingerprint density at radius 2 is 0.769 bits per heavy atom. The van der Waals surface area contributed by atoms with Crippen LogP contribution in [0.3, 0.4) is 0 Å². The summed E-state index contributed by atoms with van der Waals surface area (Å²) in [6, 6.07) is 88.7. The van der Waals surface area contributed by atoms with Crippen LogP contribution in [0.25, 0.3) is 83.1 Å². The van der Waals surface area contributed by atoms with E-state index in [0.29, 0.717) is 0 Å². The third kappa shape index (κ3) is 6.57. The van der Waals surface area contributed by atoms with Crippen molar-refractivity contribution in [3.8, 4) is 61.3 Å². The largest absolute Gasteiger partial charge is 0.310 e. The molecule has 0 bridgehead atoms. The molecular weight excluding hydrogens is 785 g/mol. The molecule has 0 atom stereocenters. The Bertz CT molecular complexity index is 3530. The summed E-state index contributed by atoms with van der Waals surface area (Å²) in [7, 11) is 0. The van der Waals surface area contributed by atoms with Crippen molar-refractivity contribution in [3.63, 3.8) is 0 Å². The van der Waals surface area contributed by atoms with Gasteiger partial charge in [-0.2, -0.15) is 0 Å². The molecule has 0 aliphatic heterocycles. The van der Waals surface area contributed by atoms with Crippen LogP contribution in [-0.4, -0.2) is 4.57 Å². The summed E-state index contributed by atoms with van der Waals surface area (Å²) in [5, 5.41) is 2.48. The van der Waals surface area contributed by atoms with Crippen molar-refractivity contribution in [3.05, 3.63) is 254 Å². The predicted octanol–water partition coefficient (Wildman–Crippen LogP) is 17.2. The molecule has 0 radical (unpaired) electrons. The number of hydrogen-bond donors (Lipinski definition) is 0. The van der Waals surface area contributed by atoms with Gasteiger partial charge in [0.1, 0.15) is 0 Å². The van der Waals surface area contributed by atoms with Crippen molar-refractivity contribution in [1.82, 2.24) is 4.57 Å². The Morgan fingerprint density at radius 3 is 1.49 bits per heavy atom. The smallest absolute Gasteiger partial charge is 0.0541 e. The summed E-state index contributed by atoms with van der Waals surface area (Å²) in [6.45, 7) is 4.74. The number of fused-ring (bicyclic) bond motifs is 6. The maximum absolute atomic E-state index is 2.44. The molecule has 308 valence electrons. The van der Waals surface area contributed by atoms with Gasteiger partial charge in [0.05, 0.1) is 16.7 Å². The van der Waals surface area contributed by atoms with E-state index in [2.05, 4.69) is 266 Å². The number of rotatable bonds is 8. The monoisotopic (exact) mass is 830 g/mol. The first-order chi connectivity index (χ1) is 32.0. The van der Waals surface area contributed by atoms with Gasteiger partial charge in [0.25, 0.3) is 0 Å². The second-order valence-corrected chi connectivity index (χ2v) is 17.7. The lowest BCUT2D eigenvalue weighted by molar-refractivity contribution is 0.660. The highest BCUT2D eigenvalue weighted by Gasteiger charge is 2.36. The van der Waals surface area contributed by atoms with Crippen molar-refractivity contribution >= 4 is 38.9 Å². The summed E-state index contributed by atoms with van der Waals surface area (Å²) in [5.41, 5.74) is 21.8. The van der Waals surface area contributed by atoms with Crippen LogP contribution in [-0.2, 0) is 5.41 Å². The Hall–Kier alpha value is -8.20. The number of para-hydroxylation sites is 3.